The van der Waals surface area contributed by atoms with Crippen molar-refractivity contribution in [1.82, 2.24) is 9.88 Å². The third kappa shape index (κ3) is 2.46. The van der Waals surface area contributed by atoms with Crippen LogP contribution in [0.1, 0.15) is 19.8 Å². The van der Waals surface area contributed by atoms with E-state index in [4.69, 9.17) is 0 Å². The highest BCUT2D eigenvalue weighted by Crippen LogP contribution is 2.24. The summed E-state index contributed by atoms with van der Waals surface area (Å²) < 4.78 is 0. The lowest BCUT2D eigenvalue weighted by molar-refractivity contribution is -0.138. The minimum absolute atomic E-state index is 0.104. The number of nitrogens with zero attached hydrogens (tertiary/aromatic N) is 2. The molecule has 1 aromatic carbocycles. The number of pyridine rings is 1. The van der Waals surface area contributed by atoms with Crippen molar-refractivity contribution in [3.63, 3.8) is 0 Å². The van der Waals surface area contributed by atoms with Crippen molar-refractivity contribution >= 4 is 28.4 Å². The van der Waals surface area contributed by atoms with Gasteiger partial charge < -0.3 is 5.32 Å². The molecule has 1 saturated heterocycles. The first-order valence-electron chi connectivity index (χ1n) is 7.15. The Kier molecular flexibility index (Phi) is 3.56. The Balaban J connectivity index is 1.86. The molecule has 5 heteroatoms. The normalized spacial score (nSPS) is 18.5. The minimum Gasteiger partial charge on any atom is -0.371 e. The third-order valence-electron chi connectivity index (χ3n) is 3.65. The molecule has 0 spiro atoms. The molecule has 0 aliphatic carbocycles. The molecule has 0 bridgehead atoms. The van der Waals surface area contributed by atoms with Gasteiger partial charge in [0.25, 0.3) is 5.91 Å². The van der Waals surface area contributed by atoms with Gasteiger partial charge in [-0.05, 0) is 18.6 Å². The van der Waals surface area contributed by atoms with Gasteiger partial charge in [0, 0.05) is 18.1 Å². The van der Waals surface area contributed by atoms with Crippen LogP contribution in [0.25, 0.3) is 10.9 Å². The monoisotopic (exact) mass is 283 g/mol. The molecule has 1 N–H and O–H groups in total. The molecular weight excluding hydrogens is 266 g/mol. The number of benzene rings is 1. The van der Waals surface area contributed by atoms with Gasteiger partial charge in [0.1, 0.15) is 6.04 Å². The van der Waals surface area contributed by atoms with Crippen LogP contribution in [0.15, 0.2) is 36.5 Å². The smallest absolute Gasteiger partial charge is 0.252 e. The molecule has 0 saturated carbocycles. The molecule has 2 amide bonds. The molecule has 1 fully saturated rings. The number of hydrogen-bond acceptors (Lipinski definition) is 4. The lowest BCUT2D eigenvalue weighted by Gasteiger charge is -2.15. The van der Waals surface area contributed by atoms with Crippen LogP contribution in [-0.4, -0.2) is 34.3 Å². The van der Waals surface area contributed by atoms with Gasteiger partial charge in [-0.3, -0.25) is 19.5 Å². The van der Waals surface area contributed by atoms with E-state index in [1.54, 1.807) is 6.20 Å². The largest absolute Gasteiger partial charge is 0.371 e. The van der Waals surface area contributed by atoms with Crippen LogP contribution in [0.2, 0.25) is 0 Å². The number of amides is 2. The summed E-state index contributed by atoms with van der Waals surface area (Å²) in [5, 5.41) is 4.18. The maximum Gasteiger partial charge on any atom is 0.252 e. The predicted molar refractivity (Wildman–Crippen MR) is 80.8 cm³/mol. The van der Waals surface area contributed by atoms with E-state index in [0.717, 1.165) is 23.0 Å². The molecule has 1 atom stereocenters. The standard InChI is InChI=1S/C16H17N3O2/c1-2-9-19-14(20)10-13(16(19)21)18-12-7-3-5-11-6-4-8-17-15(11)12/h3-8,13,18H,2,9-10H2,1H3. The van der Waals surface area contributed by atoms with Gasteiger partial charge in [-0.25, -0.2) is 0 Å². The molecule has 0 radical (unpaired) electrons. The average molecular weight is 283 g/mol. The average Bonchev–Trinajstić information content (AvgIpc) is 2.76. The highest BCUT2D eigenvalue weighted by molar-refractivity contribution is 6.07. The summed E-state index contributed by atoms with van der Waals surface area (Å²) >= 11 is 0. The molecule has 1 aliphatic heterocycles. The van der Waals surface area contributed by atoms with Crippen LogP contribution in [0, 0.1) is 0 Å². The van der Waals surface area contributed by atoms with E-state index in [1.807, 2.05) is 37.3 Å². The van der Waals surface area contributed by atoms with E-state index in [-0.39, 0.29) is 18.2 Å². The highest BCUT2D eigenvalue weighted by atomic mass is 16.2. The second kappa shape index (κ2) is 5.52. The topological polar surface area (TPSA) is 62.3 Å². The van der Waals surface area contributed by atoms with E-state index in [1.165, 1.54) is 4.90 Å². The van der Waals surface area contributed by atoms with Gasteiger partial charge in [-0.1, -0.05) is 25.1 Å². The van der Waals surface area contributed by atoms with Crippen LogP contribution in [0.3, 0.4) is 0 Å². The summed E-state index contributed by atoms with van der Waals surface area (Å²) in [5.74, 6) is -0.248. The van der Waals surface area contributed by atoms with E-state index in [2.05, 4.69) is 10.3 Å². The number of imide groups is 1. The van der Waals surface area contributed by atoms with Gasteiger partial charge >= 0.3 is 0 Å². The molecule has 108 valence electrons. The van der Waals surface area contributed by atoms with Crippen LogP contribution in [0.4, 0.5) is 5.69 Å². The molecule has 2 aromatic rings. The van der Waals surface area contributed by atoms with Crippen molar-refractivity contribution in [2.45, 2.75) is 25.8 Å². The van der Waals surface area contributed by atoms with Gasteiger partial charge in [0.2, 0.25) is 5.91 Å². The molecule has 5 nitrogen and oxygen atoms in total. The first-order valence-corrected chi connectivity index (χ1v) is 7.15. The van der Waals surface area contributed by atoms with E-state index in [0.29, 0.717) is 6.54 Å². The van der Waals surface area contributed by atoms with E-state index < -0.39 is 6.04 Å². The number of hydrogen-bond donors (Lipinski definition) is 1. The zero-order valence-electron chi connectivity index (χ0n) is 11.9. The quantitative estimate of drug-likeness (QED) is 0.874. The Bertz CT molecular complexity index is 693. The summed E-state index contributed by atoms with van der Waals surface area (Å²) in [6, 6.07) is 9.13. The van der Waals surface area contributed by atoms with Gasteiger partial charge in [-0.15, -0.1) is 0 Å². The molecular formula is C16H17N3O2. The van der Waals surface area contributed by atoms with Crippen molar-refractivity contribution in [3.8, 4) is 0 Å². The summed E-state index contributed by atoms with van der Waals surface area (Å²) in [7, 11) is 0. The predicted octanol–water partition coefficient (Wildman–Crippen LogP) is 2.18. The molecule has 1 aromatic heterocycles. The number of carbonyl (C=O) groups excluding carboxylic acids is 2. The summed E-state index contributed by atoms with van der Waals surface area (Å²) in [6.45, 7) is 2.44. The Morgan fingerprint density at radius 3 is 2.90 bits per heavy atom. The fraction of sp³-hybridized carbons (Fsp3) is 0.312. The van der Waals surface area contributed by atoms with Crippen LogP contribution in [-0.2, 0) is 9.59 Å². The van der Waals surface area contributed by atoms with Crippen molar-refractivity contribution < 1.29 is 9.59 Å². The maximum atomic E-state index is 12.3. The summed E-state index contributed by atoms with van der Waals surface area (Å²) in [4.78, 5) is 29.9. The molecule has 1 aliphatic rings. The minimum atomic E-state index is -0.489. The van der Waals surface area contributed by atoms with Gasteiger partial charge in [0.15, 0.2) is 0 Å². The fourth-order valence-corrected chi connectivity index (χ4v) is 2.66. The Morgan fingerprint density at radius 2 is 2.10 bits per heavy atom. The van der Waals surface area contributed by atoms with Crippen molar-refractivity contribution in [3.05, 3.63) is 36.5 Å². The van der Waals surface area contributed by atoms with Crippen LogP contribution in [0.5, 0.6) is 0 Å². The van der Waals surface area contributed by atoms with E-state index >= 15 is 0 Å². The Morgan fingerprint density at radius 1 is 1.29 bits per heavy atom. The van der Waals surface area contributed by atoms with Gasteiger partial charge in [0.05, 0.1) is 17.6 Å². The first-order chi connectivity index (χ1) is 10.2. The number of nitrogens with one attached hydrogen (secondary N) is 1. The summed E-state index contributed by atoms with van der Waals surface area (Å²) in [6.07, 6.45) is 2.71. The third-order valence-corrected chi connectivity index (χ3v) is 3.65. The van der Waals surface area contributed by atoms with Crippen LogP contribution >= 0.6 is 0 Å². The van der Waals surface area contributed by atoms with Crippen molar-refractivity contribution in [2.24, 2.45) is 0 Å². The number of fused-ring (bicyclic) bond motifs is 1. The number of carbonyl (C=O) groups is 2. The number of aromatic nitrogens is 1. The molecule has 21 heavy (non-hydrogen) atoms. The lowest BCUT2D eigenvalue weighted by atomic mass is 10.1. The molecule has 2 heterocycles. The molecule has 3 rings (SSSR count). The number of anilines is 1. The zero-order chi connectivity index (χ0) is 14.8. The Labute approximate surface area is 123 Å². The van der Waals surface area contributed by atoms with E-state index in [9.17, 15) is 9.59 Å². The second-order valence-corrected chi connectivity index (χ2v) is 5.17. The van der Waals surface area contributed by atoms with Crippen molar-refractivity contribution in [1.29, 1.82) is 0 Å². The zero-order valence-corrected chi connectivity index (χ0v) is 11.9. The number of rotatable bonds is 4. The second-order valence-electron chi connectivity index (χ2n) is 5.17. The number of para-hydroxylation sites is 1. The first kappa shape index (κ1) is 13.5. The van der Waals surface area contributed by atoms with Crippen molar-refractivity contribution in [2.75, 3.05) is 11.9 Å². The maximum absolute atomic E-state index is 12.3. The summed E-state index contributed by atoms with van der Waals surface area (Å²) in [5.41, 5.74) is 1.60. The molecule has 1 unspecified atom stereocenters. The highest BCUT2D eigenvalue weighted by Gasteiger charge is 2.38. The lowest BCUT2D eigenvalue weighted by Crippen LogP contribution is -2.35. The SMILES string of the molecule is CCCN1C(=O)CC(Nc2cccc3cccnc23)C1=O. The fourth-order valence-electron chi connectivity index (χ4n) is 2.66. The van der Waals surface area contributed by atoms with Crippen LogP contribution < -0.4 is 5.32 Å². The van der Waals surface area contributed by atoms with Gasteiger partial charge in [-0.2, -0.15) is 0 Å². The Hall–Kier alpha value is -2.43. The number of likely N-dealkylation sites (tertiary alicyclic amines) is 1.